The van der Waals surface area contributed by atoms with Gasteiger partial charge in [-0.1, -0.05) is 29.8 Å². The number of nitrogens with one attached hydrogen (secondary N) is 1. The number of ether oxygens (including phenoxy) is 1. The maximum atomic E-state index is 12.5. The number of hydrogen-bond acceptors (Lipinski definition) is 5. The molecule has 27 heavy (non-hydrogen) atoms. The van der Waals surface area contributed by atoms with Gasteiger partial charge in [-0.3, -0.25) is 9.59 Å². The molecular weight excluding hydrogens is 348 g/mol. The number of fused-ring (bicyclic) bond motifs is 1. The highest BCUT2D eigenvalue weighted by Gasteiger charge is 2.25. The monoisotopic (exact) mass is 372 g/mol. The molecule has 2 N–H and O–H groups in total. The van der Waals surface area contributed by atoms with Crippen LogP contribution in [-0.4, -0.2) is 35.8 Å². The molecule has 0 saturated carbocycles. The van der Waals surface area contributed by atoms with Crippen molar-refractivity contribution in [2.24, 2.45) is 5.92 Å². The van der Waals surface area contributed by atoms with Gasteiger partial charge >= 0.3 is 5.97 Å². The number of carboxylic acid groups (broad SMARTS) is 1. The number of aromatic nitrogens is 1. The van der Waals surface area contributed by atoms with Gasteiger partial charge in [0, 0.05) is 18.5 Å². The number of amides is 1. The summed E-state index contributed by atoms with van der Waals surface area (Å²) in [4.78, 5) is 24.2. The standard InChI is InChI=1S/C20H24N2O5/c1-26-16-9-6-5-7-13(16)11-14(20(24)25)12-21-19(23)18-15-8-3-2-4-10-17(15)27-22-18/h5-7,9,14H,2-4,8,10-12H2,1H3,(H,21,23)(H,24,25). The summed E-state index contributed by atoms with van der Waals surface area (Å²) < 4.78 is 10.6. The number of carbonyl (C=O) groups excluding carboxylic acids is 1. The first-order valence-electron chi connectivity index (χ1n) is 9.20. The third-order valence-electron chi connectivity index (χ3n) is 4.93. The van der Waals surface area contributed by atoms with Crippen LogP contribution >= 0.6 is 0 Å². The molecule has 0 fully saturated rings. The Hall–Kier alpha value is -2.83. The van der Waals surface area contributed by atoms with Crippen LogP contribution in [0.3, 0.4) is 0 Å². The maximum Gasteiger partial charge on any atom is 0.308 e. The van der Waals surface area contributed by atoms with Crippen LogP contribution in [-0.2, 0) is 24.1 Å². The van der Waals surface area contributed by atoms with Crippen LogP contribution < -0.4 is 10.1 Å². The van der Waals surface area contributed by atoms with Crippen molar-refractivity contribution in [3.63, 3.8) is 0 Å². The molecule has 7 heteroatoms. The molecule has 1 aliphatic rings. The predicted molar refractivity (Wildman–Crippen MR) is 97.9 cm³/mol. The highest BCUT2D eigenvalue weighted by atomic mass is 16.5. The molecule has 0 radical (unpaired) electrons. The van der Waals surface area contributed by atoms with E-state index in [1.165, 1.54) is 0 Å². The molecule has 144 valence electrons. The van der Waals surface area contributed by atoms with Crippen molar-refractivity contribution >= 4 is 11.9 Å². The Bertz CT molecular complexity index is 814. The second-order valence-electron chi connectivity index (χ2n) is 6.75. The zero-order valence-corrected chi connectivity index (χ0v) is 15.4. The SMILES string of the molecule is COc1ccccc1CC(CNC(=O)c1noc2c1CCCCC2)C(=O)O. The first-order chi connectivity index (χ1) is 13.1. The number of nitrogens with zero attached hydrogens (tertiary/aromatic N) is 1. The quantitative estimate of drug-likeness (QED) is 0.725. The fourth-order valence-electron chi connectivity index (χ4n) is 3.42. The van der Waals surface area contributed by atoms with Gasteiger partial charge in [0.2, 0.25) is 0 Å². The molecule has 1 aromatic heterocycles. The van der Waals surface area contributed by atoms with E-state index in [9.17, 15) is 14.7 Å². The molecule has 1 amide bonds. The van der Waals surface area contributed by atoms with Gasteiger partial charge in [0.25, 0.3) is 5.91 Å². The summed E-state index contributed by atoms with van der Waals surface area (Å²) in [6.45, 7) is 0.00779. The normalized spacial score (nSPS) is 14.7. The van der Waals surface area contributed by atoms with Gasteiger partial charge in [0.05, 0.1) is 13.0 Å². The van der Waals surface area contributed by atoms with E-state index < -0.39 is 11.9 Å². The van der Waals surface area contributed by atoms with E-state index in [0.717, 1.165) is 49.0 Å². The molecule has 7 nitrogen and oxygen atoms in total. The van der Waals surface area contributed by atoms with E-state index in [2.05, 4.69) is 10.5 Å². The minimum Gasteiger partial charge on any atom is -0.496 e. The molecule has 1 aliphatic carbocycles. The number of aryl methyl sites for hydroxylation is 1. The van der Waals surface area contributed by atoms with Gasteiger partial charge in [-0.05, 0) is 37.3 Å². The second kappa shape index (κ2) is 8.70. The Morgan fingerprint density at radius 2 is 2.04 bits per heavy atom. The Labute approximate surface area is 157 Å². The van der Waals surface area contributed by atoms with Crippen LogP contribution in [0, 0.1) is 5.92 Å². The predicted octanol–water partition coefficient (Wildman–Crippen LogP) is 2.63. The fourth-order valence-corrected chi connectivity index (χ4v) is 3.42. The molecular formula is C20H24N2O5. The number of carboxylic acids is 1. The number of carbonyl (C=O) groups is 2. The van der Waals surface area contributed by atoms with E-state index >= 15 is 0 Å². The zero-order chi connectivity index (χ0) is 19.2. The van der Waals surface area contributed by atoms with Crippen molar-refractivity contribution in [2.75, 3.05) is 13.7 Å². The molecule has 0 spiro atoms. The average Bonchev–Trinajstić information content (AvgIpc) is 2.93. The number of aliphatic carboxylic acids is 1. The second-order valence-corrected chi connectivity index (χ2v) is 6.75. The molecule has 3 rings (SSSR count). The molecule has 0 saturated heterocycles. The lowest BCUT2D eigenvalue weighted by atomic mass is 9.98. The van der Waals surface area contributed by atoms with E-state index in [1.807, 2.05) is 18.2 Å². The van der Waals surface area contributed by atoms with Crippen LogP contribution in [0.5, 0.6) is 5.75 Å². The van der Waals surface area contributed by atoms with Crippen molar-refractivity contribution in [3.05, 3.63) is 46.8 Å². The van der Waals surface area contributed by atoms with E-state index in [1.54, 1.807) is 13.2 Å². The minimum atomic E-state index is -0.972. The zero-order valence-electron chi connectivity index (χ0n) is 15.4. The van der Waals surface area contributed by atoms with Crippen molar-refractivity contribution in [2.45, 2.75) is 38.5 Å². The summed E-state index contributed by atoms with van der Waals surface area (Å²) in [7, 11) is 1.55. The van der Waals surface area contributed by atoms with Crippen LogP contribution in [0.15, 0.2) is 28.8 Å². The first kappa shape index (κ1) is 18.9. The average molecular weight is 372 g/mol. The van der Waals surface area contributed by atoms with Gasteiger partial charge in [0.1, 0.15) is 11.5 Å². The Kier molecular flexibility index (Phi) is 6.11. The summed E-state index contributed by atoms with van der Waals surface area (Å²) >= 11 is 0. The minimum absolute atomic E-state index is 0.00779. The highest BCUT2D eigenvalue weighted by molar-refractivity contribution is 5.94. The Balaban J connectivity index is 1.67. The summed E-state index contributed by atoms with van der Waals surface area (Å²) in [5, 5.41) is 16.2. The van der Waals surface area contributed by atoms with Gasteiger partial charge in [0.15, 0.2) is 5.69 Å². The molecule has 0 bridgehead atoms. The van der Waals surface area contributed by atoms with E-state index in [0.29, 0.717) is 5.75 Å². The van der Waals surface area contributed by atoms with E-state index in [4.69, 9.17) is 9.26 Å². The smallest absolute Gasteiger partial charge is 0.308 e. The fraction of sp³-hybridized carbons (Fsp3) is 0.450. The largest absolute Gasteiger partial charge is 0.496 e. The molecule has 1 unspecified atom stereocenters. The number of hydrogen-bond donors (Lipinski definition) is 2. The molecule has 2 aromatic rings. The van der Waals surface area contributed by atoms with Gasteiger partial charge < -0.3 is 19.7 Å². The molecule has 1 atom stereocenters. The topological polar surface area (TPSA) is 102 Å². The van der Waals surface area contributed by atoms with Gasteiger partial charge in [-0.15, -0.1) is 0 Å². The van der Waals surface area contributed by atoms with Crippen LogP contribution in [0.1, 0.15) is 46.6 Å². The lowest BCUT2D eigenvalue weighted by Crippen LogP contribution is -2.34. The van der Waals surface area contributed by atoms with Gasteiger partial charge in [-0.2, -0.15) is 0 Å². The Morgan fingerprint density at radius 1 is 1.26 bits per heavy atom. The highest BCUT2D eigenvalue weighted by Crippen LogP contribution is 2.24. The lowest BCUT2D eigenvalue weighted by molar-refractivity contribution is -0.141. The molecule has 0 aliphatic heterocycles. The number of methoxy groups -OCH3 is 1. The summed E-state index contributed by atoms with van der Waals surface area (Å²) in [6, 6.07) is 7.28. The van der Waals surface area contributed by atoms with Crippen LogP contribution in [0.2, 0.25) is 0 Å². The summed E-state index contributed by atoms with van der Waals surface area (Å²) in [6.07, 6.45) is 4.96. The van der Waals surface area contributed by atoms with Crippen molar-refractivity contribution < 1.29 is 24.0 Å². The maximum absolute atomic E-state index is 12.5. The van der Waals surface area contributed by atoms with Crippen LogP contribution in [0.4, 0.5) is 0 Å². The van der Waals surface area contributed by atoms with E-state index in [-0.39, 0.29) is 24.6 Å². The van der Waals surface area contributed by atoms with Crippen molar-refractivity contribution in [3.8, 4) is 5.75 Å². The third kappa shape index (κ3) is 4.48. The van der Waals surface area contributed by atoms with Crippen LogP contribution in [0.25, 0.3) is 0 Å². The molecule has 1 aromatic carbocycles. The summed E-state index contributed by atoms with van der Waals surface area (Å²) in [5.74, 6) is -0.706. The lowest BCUT2D eigenvalue weighted by Gasteiger charge is -2.15. The number of para-hydroxylation sites is 1. The third-order valence-corrected chi connectivity index (χ3v) is 4.93. The number of benzene rings is 1. The van der Waals surface area contributed by atoms with Gasteiger partial charge in [-0.25, -0.2) is 0 Å². The molecule has 1 heterocycles. The Morgan fingerprint density at radius 3 is 2.81 bits per heavy atom. The van der Waals surface area contributed by atoms with Crippen molar-refractivity contribution in [1.29, 1.82) is 0 Å². The van der Waals surface area contributed by atoms with Crippen molar-refractivity contribution in [1.82, 2.24) is 10.5 Å². The number of rotatable bonds is 7. The summed E-state index contributed by atoms with van der Waals surface area (Å²) in [5.41, 5.74) is 1.94. The first-order valence-corrected chi connectivity index (χ1v) is 9.20.